The number of aromatic nitrogens is 1. The highest BCUT2D eigenvalue weighted by atomic mass is 19.4. The van der Waals surface area contributed by atoms with Crippen LogP contribution in [0.3, 0.4) is 0 Å². The first-order chi connectivity index (χ1) is 8.19. The van der Waals surface area contributed by atoms with Crippen LogP contribution in [0.2, 0.25) is 0 Å². The van der Waals surface area contributed by atoms with Gasteiger partial charge < -0.3 is 11.1 Å². The maximum atomic E-state index is 12.5. The van der Waals surface area contributed by atoms with Crippen molar-refractivity contribution < 1.29 is 13.2 Å². The van der Waals surface area contributed by atoms with Gasteiger partial charge in [-0.3, -0.25) is 0 Å². The minimum absolute atomic E-state index is 0.0459. The normalized spacial score (nSPS) is 12.1. The lowest BCUT2D eigenvalue weighted by molar-refractivity contribution is -0.141. The first kappa shape index (κ1) is 14.3. The zero-order valence-electron chi connectivity index (χ0n) is 9.97. The van der Waals surface area contributed by atoms with Gasteiger partial charge in [-0.1, -0.05) is 0 Å². The van der Waals surface area contributed by atoms with Crippen LogP contribution in [0.1, 0.15) is 25.1 Å². The monoisotopic (exact) mass is 258 g/mol. The Morgan fingerprint density at radius 2 is 2.00 bits per heavy atom. The molecule has 0 aromatic carbocycles. The van der Waals surface area contributed by atoms with Crippen molar-refractivity contribution in [2.45, 2.75) is 25.6 Å². The van der Waals surface area contributed by atoms with Gasteiger partial charge in [0.1, 0.15) is 17.6 Å². The molecule has 1 heterocycles. The highest BCUT2D eigenvalue weighted by Gasteiger charge is 2.33. The Morgan fingerprint density at radius 1 is 1.39 bits per heavy atom. The highest BCUT2D eigenvalue weighted by Crippen LogP contribution is 2.29. The molecule has 0 bridgehead atoms. The highest BCUT2D eigenvalue weighted by molar-refractivity contribution is 5.53. The first-order valence-electron chi connectivity index (χ1n) is 5.16. The summed E-state index contributed by atoms with van der Waals surface area (Å²) in [5.41, 5.74) is 3.83. The smallest absolute Gasteiger partial charge is 0.363 e. The lowest BCUT2D eigenvalue weighted by atomic mass is 10.1. The number of nitriles is 1. The molecule has 7 heteroatoms. The molecule has 0 atom stereocenters. The number of nitrogens with one attached hydrogen (secondary N) is 1. The van der Waals surface area contributed by atoms with Crippen molar-refractivity contribution in [3.05, 3.63) is 23.4 Å². The van der Waals surface area contributed by atoms with E-state index in [1.807, 2.05) is 0 Å². The van der Waals surface area contributed by atoms with Crippen LogP contribution in [-0.2, 0) is 6.18 Å². The third-order valence-electron chi connectivity index (χ3n) is 2.27. The number of nitrogens with two attached hydrogens (primary N) is 1. The standard InChI is InChI=1S/C11H13F3N4/c1-10(2,6-16)18-9-7(5-15)3-4-8(17-9)11(12,13)14/h3-4H,6,16H2,1-2H3,(H,17,18). The minimum atomic E-state index is -4.54. The van der Waals surface area contributed by atoms with Crippen LogP contribution in [0.5, 0.6) is 0 Å². The number of halogens is 3. The van der Waals surface area contributed by atoms with Crippen LogP contribution in [0.15, 0.2) is 12.1 Å². The molecule has 0 fully saturated rings. The second-order valence-electron chi connectivity index (χ2n) is 4.42. The fourth-order valence-electron chi connectivity index (χ4n) is 1.17. The molecule has 0 aliphatic rings. The number of rotatable bonds is 3. The van der Waals surface area contributed by atoms with Crippen LogP contribution >= 0.6 is 0 Å². The van der Waals surface area contributed by atoms with Crippen LogP contribution < -0.4 is 11.1 Å². The summed E-state index contributed by atoms with van der Waals surface area (Å²) in [5, 5.41) is 11.6. The van der Waals surface area contributed by atoms with E-state index in [1.165, 1.54) is 0 Å². The molecule has 0 unspecified atom stereocenters. The molecular weight excluding hydrogens is 245 g/mol. The summed E-state index contributed by atoms with van der Waals surface area (Å²) in [6.45, 7) is 3.60. The van der Waals surface area contributed by atoms with E-state index in [-0.39, 0.29) is 17.9 Å². The Balaban J connectivity index is 3.20. The Kier molecular flexibility index (Phi) is 3.82. The molecule has 1 aromatic heterocycles. The molecule has 0 radical (unpaired) electrons. The van der Waals surface area contributed by atoms with Crippen LogP contribution in [0.25, 0.3) is 0 Å². The fourth-order valence-corrected chi connectivity index (χ4v) is 1.17. The molecule has 0 saturated heterocycles. The zero-order valence-corrected chi connectivity index (χ0v) is 9.97. The first-order valence-corrected chi connectivity index (χ1v) is 5.16. The van der Waals surface area contributed by atoms with Crippen molar-refractivity contribution in [1.82, 2.24) is 4.98 Å². The molecule has 3 N–H and O–H groups in total. The topological polar surface area (TPSA) is 74.7 Å². The summed E-state index contributed by atoms with van der Waals surface area (Å²) in [4.78, 5) is 3.43. The third kappa shape index (κ3) is 3.34. The van der Waals surface area contributed by atoms with Gasteiger partial charge in [0, 0.05) is 12.1 Å². The summed E-state index contributed by atoms with van der Waals surface area (Å²) in [6, 6.07) is 3.65. The van der Waals surface area contributed by atoms with Gasteiger partial charge in [0.2, 0.25) is 0 Å². The molecule has 0 aliphatic heterocycles. The van der Waals surface area contributed by atoms with Crippen molar-refractivity contribution in [2.24, 2.45) is 5.73 Å². The lowest BCUT2D eigenvalue weighted by Crippen LogP contribution is -2.39. The maximum absolute atomic E-state index is 12.5. The number of alkyl halides is 3. The molecule has 1 rings (SSSR count). The molecule has 0 saturated carbocycles. The number of hydrogen-bond acceptors (Lipinski definition) is 4. The van der Waals surface area contributed by atoms with Crippen LogP contribution in [0.4, 0.5) is 19.0 Å². The number of pyridine rings is 1. The van der Waals surface area contributed by atoms with Crippen molar-refractivity contribution in [3.8, 4) is 6.07 Å². The predicted molar refractivity (Wildman–Crippen MR) is 60.7 cm³/mol. The molecule has 4 nitrogen and oxygen atoms in total. The van der Waals surface area contributed by atoms with E-state index in [1.54, 1.807) is 19.9 Å². The summed E-state index contributed by atoms with van der Waals surface area (Å²) in [7, 11) is 0. The SMILES string of the molecule is CC(C)(CN)Nc1nc(C(F)(F)F)ccc1C#N. The van der Waals surface area contributed by atoms with E-state index in [9.17, 15) is 13.2 Å². The van der Waals surface area contributed by atoms with Gasteiger partial charge in [0.05, 0.1) is 5.56 Å². The fraction of sp³-hybridized carbons (Fsp3) is 0.455. The van der Waals surface area contributed by atoms with E-state index in [0.717, 1.165) is 12.1 Å². The van der Waals surface area contributed by atoms with Crippen LogP contribution in [-0.4, -0.2) is 17.1 Å². The Morgan fingerprint density at radius 3 is 2.44 bits per heavy atom. The van der Waals surface area contributed by atoms with E-state index in [0.29, 0.717) is 0 Å². The molecular formula is C11H13F3N4. The van der Waals surface area contributed by atoms with Gasteiger partial charge in [0.25, 0.3) is 0 Å². The number of hydrogen-bond donors (Lipinski definition) is 2. The molecule has 0 aliphatic carbocycles. The predicted octanol–water partition coefficient (Wildman–Crippen LogP) is 2.12. The average Bonchev–Trinajstić information content (AvgIpc) is 2.27. The second-order valence-corrected chi connectivity index (χ2v) is 4.42. The molecule has 0 amide bonds. The summed E-state index contributed by atoms with van der Waals surface area (Å²) in [6.07, 6.45) is -4.54. The van der Waals surface area contributed by atoms with Crippen molar-refractivity contribution in [3.63, 3.8) is 0 Å². The maximum Gasteiger partial charge on any atom is 0.433 e. The average molecular weight is 258 g/mol. The minimum Gasteiger partial charge on any atom is -0.363 e. The van der Waals surface area contributed by atoms with E-state index < -0.39 is 17.4 Å². The second kappa shape index (κ2) is 4.82. The molecule has 1 aromatic rings. The Hall–Kier alpha value is -1.81. The summed E-state index contributed by atoms with van der Waals surface area (Å²) < 4.78 is 37.6. The van der Waals surface area contributed by atoms with Gasteiger partial charge in [-0.25, -0.2) is 4.98 Å². The Labute approximate surface area is 103 Å². The van der Waals surface area contributed by atoms with Gasteiger partial charge in [-0.05, 0) is 26.0 Å². The van der Waals surface area contributed by atoms with Crippen molar-refractivity contribution >= 4 is 5.82 Å². The zero-order chi connectivity index (χ0) is 14.0. The third-order valence-corrected chi connectivity index (χ3v) is 2.27. The number of anilines is 1. The van der Waals surface area contributed by atoms with E-state index >= 15 is 0 Å². The van der Waals surface area contributed by atoms with Gasteiger partial charge in [0.15, 0.2) is 0 Å². The van der Waals surface area contributed by atoms with E-state index in [4.69, 9.17) is 11.0 Å². The largest absolute Gasteiger partial charge is 0.433 e. The van der Waals surface area contributed by atoms with Gasteiger partial charge >= 0.3 is 6.18 Å². The molecule has 0 spiro atoms. The number of nitrogens with zero attached hydrogens (tertiary/aromatic N) is 2. The summed E-state index contributed by atoms with van der Waals surface area (Å²) >= 11 is 0. The van der Waals surface area contributed by atoms with E-state index in [2.05, 4.69) is 10.3 Å². The van der Waals surface area contributed by atoms with Crippen molar-refractivity contribution in [1.29, 1.82) is 5.26 Å². The molecule has 98 valence electrons. The van der Waals surface area contributed by atoms with Gasteiger partial charge in [-0.15, -0.1) is 0 Å². The molecule has 18 heavy (non-hydrogen) atoms. The van der Waals surface area contributed by atoms with Gasteiger partial charge in [-0.2, -0.15) is 18.4 Å². The summed E-state index contributed by atoms with van der Waals surface area (Å²) in [5.74, 6) is -0.109. The quantitative estimate of drug-likeness (QED) is 0.870. The Bertz CT molecular complexity index is 474. The van der Waals surface area contributed by atoms with Crippen LogP contribution in [0, 0.1) is 11.3 Å². The lowest BCUT2D eigenvalue weighted by Gasteiger charge is -2.25. The van der Waals surface area contributed by atoms with Crippen molar-refractivity contribution in [2.75, 3.05) is 11.9 Å².